The van der Waals surface area contributed by atoms with E-state index in [2.05, 4.69) is 0 Å². The van der Waals surface area contributed by atoms with Gasteiger partial charge in [-0.1, -0.05) is 0 Å². The molecule has 1 aromatic heterocycles. The van der Waals surface area contributed by atoms with Crippen molar-refractivity contribution in [1.82, 2.24) is 0 Å². The zero-order valence-electron chi connectivity index (χ0n) is 17.1. The van der Waals surface area contributed by atoms with Crippen molar-refractivity contribution in [3.05, 3.63) is 23.2 Å². The minimum Gasteiger partial charge on any atom is -0.466 e. The summed E-state index contributed by atoms with van der Waals surface area (Å²) >= 11 is 0. The van der Waals surface area contributed by atoms with Gasteiger partial charge >= 0.3 is 5.97 Å². The summed E-state index contributed by atoms with van der Waals surface area (Å²) in [6.45, 7) is 4.96. The van der Waals surface area contributed by atoms with E-state index in [9.17, 15) is 14.4 Å². The first-order chi connectivity index (χ1) is 13.3. The van der Waals surface area contributed by atoms with Crippen LogP contribution >= 0.6 is 0 Å². The van der Waals surface area contributed by atoms with E-state index >= 15 is 0 Å². The second-order valence-electron chi connectivity index (χ2n) is 9.43. The molecule has 4 aliphatic rings. The Labute approximate surface area is 166 Å². The Hall–Kier alpha value is -1.91. The van der Waals surface area contributed by atoms with Crippen molar-refractivity contribution in [2.45, 2.75) is 78.2 Å². The molecule has 1 atom stereocenters. The molecule has 0 radical (unpaired) electrons. The van der Waals surface area contributed by atoms with Crippen LogP contribution in [0.25, 0.3) is 0 Å². The minimum atomic E-state index is -0.685. The van der Waals surface area contributed by atoms with Gasteiger partial charge in [-0.05, 0) is 83.1 Å². The smallest absolute Gasteiger partial charge is 0.306 e. The molecule has 4 bridgehead atoms. The Balaban J connectivity index is 1.33. The van der Waals surface area contributed by atoms with Gasteiger partial charge in [0.15, 0.2) is 17.7 Å². The Morgan fingerprint density at radius 1 is 1.14 bits per heavy atom. The number of carbonyl (C=O) groups excluding carboxylic acids is 3. The highest BCUT2D eigenvalue weighted by molar-refractivity contribution is 5.95. The number of rotatable bonds is 7. The number of hydrogen-bond donors (Lipinski definition) is 0. The molecule has 4 aliphatic carbocycles. The normalized spacial score (nSPS) is 31.6. The number of ether oxygens (including phenoxy) is 1. The molecule has 1 aromatic rings. The van der Waals surface area contributed by atoms with Crippen LogP contribution in [0.1, 0.15) is 80.7 Å². The summed E-state index contributed by atoms with van der Waals surface area (Å²) in [7, 11) is 0. The fourth-order valence-electron chi connectivity index (χ4n) is 6.39. The van der Waals surface area contributed by atoms with Gasteiger partial charge in [0, 0.05) is 11.8 Å². The molecule has 0 aliphatic heterocycles. The van der Waals surface area contributed by atoms with Crippen molar-refractivity contribution in [1.29, 1.82) is 0 Å². The average molecular weight is 386 g/mol. The highest BCUT2D eigenvalue weighted by Crippen LogP contribution is 2.60. The molecule has 1 heterocycles. The van der Waals surface area contributed by atoms with Crippen molar-refractivity contribution in [2.24, 2.45) is 23.2 Å². The van der Waals surface area contributed by atoms with E-state index in [1.807, 2.05) is 0 Å². The summed E-state index contributed by atoms with van der Waals surface area (Å²) in [4.78, 5) is 37.0. The first-order valence-corrected chi connectivity index (χ1v) is 10.6. The van der Waals surface area contributed by atoms with Gasteiger partial charge in [0.25, 0.3) is 0 Å². The van der Waals surface area contributed by atoms with Crippen molar-refractivity contribution in [2.75, 3.05) is 0 Å². The van der Waals surface area contributed by atoms with Gasteiger partial charge in [0.05, 0.1) is 12.0 Å². The van der Waals surface area contributed by atoms with Crippen LogP contribution in [0.2, 0.25) is 0 Å². The lowest BCUT2D eigenvalue weighted by atomic mass is 9.48. The first kappa shape index (κ1) is 19.4. The van der Waals surface area contributed by atoms with Crippen LogP contribution in [0, 0.1) is 30.1 Å². The van der Waals surface area contributed by atoms with E-state index in [1.165, 1.54) is 26.2 Å². The van der Waals surface area contributed by atoms with Gasteiger partial charge < -0.3 is 9.15 Å². The third kappa shape index (κ3) is 3.56. The molecule has 4 fully saturated rings. The molecule has 0 saturated heterocycles. The summed E-state index contributed by atoms with van der Waals surface area (Å²) in [6, 6.07) is 1.69. The Morgan fingerprint density at radius 3 is 2.21 bits per heavy atom. The lowest BCUT2D eigenvalue weighted by Gasteiger charge is -2.56. The van der Waals surface area contributed by atoms with E-state index in [0.717, 1.165) is 19.3 Å². The molecule has 1 unspecified atom stereocenters. The molecule has 5 rings (SSSR count). The third-order valence-electron chi connectivity index (χ3n) is 7.16. The molecule has 152 valence electrons. The molecule has 5 heteroatoms. The van der Waals surface area contributed by atoms with Gasteiger partial charge in [-0.25, -0.2) is 0 Å². The van der Waals surface area contributed by atoms with E-state index < -0.39 is 6.10 Å². The highest BCUT2D eigenvalue weighted by Gasteiger charge is 2.55. The maximum Gasteiger partial charge on any atom is 0.306 e. The molecule has 0 spiro atoms. The van der Waals surface area contributed by atoms with Crippen LogP contribution in [0.3, 0.4) is 0 Å². The molecular weight excluding hydrogens is 356 g/mol. The largest absolute Gasteiger partial charge is 0.466 e. The number of furan rings is 1. The summed E-state index contributed by atoms with van der Waals surface area (Å²) in [5.74, 6) is 2.93. The molecule has 28 heavy (non-hydrogen) atoms. The van der Waals surface area contributed by atoms with Gasteiger partial charge in [-0.3, -0.25) is 14.4 Å². The van der Waals surface area contributed by atoms with Crippen LogP contribution in [-0.2, 0) is 20.7 Å². The van der Waals surface area contributed by atoms with Gasteiger partial charge in [0.2, 0.25) is 0 Å². The molecule has 0 aromatic carbocycles. The zero-order valence-corrected chi connectivity index (χ0v) is 17.1. The average Bonchev–Trinajstić information content (AvgIpc) is 2.99. The van der Waals surface area contributed by atoms with Crippen molar-refractivity contribution in [3.8, 4) is 0 Å². The van der Waals surface area contributed by atoms with Crippen LogP contribution in [0.15, 0.2) is 10.5 Å². The fraction of sp³-hybridized carbons (Fsp3) is 0.696. The number of esters is 1. The minimum absolute atomic E-state index is 0.0510. The molecular formula is C23H30O5. The van der Waals surface area contributed by atoms with Crippen LogP contribution in [0.4, 0.5) is 0 Å². The Kier molecular flexibility index (Phi) is 4.96. The molecule has 4 saturated carbocycles. The standard InChI is InChI=1S/C23H30O5/c1-13(24)20-9-19(27-14(20)2)4-5-21(25)28-15(3)22(26)23-10-16-6-17(11-23)8-18(7-16)12-23/h9,15-18H,4-8,10-12H2,1-3H3. The monoisotopic (exact) mass is 386 g/mol. The summed E-state index contributed by atoms with van der Waals surface area (Å²) in [6.07, 6.45) is 6.63. The third-order valence-corrected chi connectivity index (χ3v) is 7.16. The van der Waals surface area contributed by atoms with E-state index in [-0.39, 0.29) is 29.4 Å². The van der Waals surface area contributed by atoms with Gasteiger partial charge in [0.1, 0.15) is 11.5 Å². The summed E-state index contributed by atoms with van der Waals surface area (Å²) in [5, 5.41) is 0. The predicted octanol–water partition coefficient (Wildman–Crippen LogP) is 4.44. The first-order valence-electron chi connectivity index (χ1n) is 10.6. The van der Waals surface area contributed by atoms with E-state index in [1.54, 1.807) is 19.9 Å². The second kappa shape index (κ2) is 7.16. The Bertz CT molecular complexity index is 767. The maximum atomic E-state index is 13.2. The van der Waals surface area contributed by atoms with Gasteiger partial charge in [-0.15, -0.1) is 0 Å². The number of carbonyl (C=O) groups is 3. The predicted molar refractivity (Wildman–Crippen MR) is 103 cm³/mol. The number of Topliss-reactive ketones (excluding diaryl/α,β-unsaturated/α-hetero) is 2. The number of ketones is 2. The maximum absolute atomic E-state index is 13.2. The van der Waals surface area contributed by atoms with E-state index in [4.69, 9.17) is 9.15 Å². The highest BCUT2D eigenvalue weighted by atomic mass is 16.5. The second-order valence-corrected chi connectivity index (χ2v) is 9.43. The number of hydrogen-bond acceptors (Lipinski definition) is 5. The summed E-state index contributed by atoms with van der Waals surface area (Å²) < 4.78 is 11.1. The zero-order chi connectivity index (χ0) is 20.1. The van der Waals surface area contributed by atoms with E-state index in [0.29, 0.717) is 41.3 Å². The number of aryl methyl sites for hydroxylation is 2. The lowest BCUT2D eigenvalue weighted by molar-refractivity contribution is -0.165. The van der Waals surface area contributed by atoms with Crippen molar-refractivity contribution < 1.29 is 23.5 Å². The fourth-order valence-corrected chi connectivity index (χ4v) is 6.39. The SMILES string of the molecule is CC(=O)c1cc(CCC(=O)OC(C)C(=O)C23CC4CC(CC(C4)C2)C3)oc1C. The van der Waals surface area contributed by atoms with Crippen molar-refractivity contribution in [3.63, 3.8) is 0 Å². The quantitative estimate of drug-likeness (QED) is 0.512. The van der Waals surface area contributed by atoms with Gasteiger partial charge in [-0.2, -0.15) is 0 Å². The van der Waals surface area contributed by atoms with Crippen LogP contribution in [-0.4, -0.2) is 23.6 Å². The van der Waals surface area contributed by atoms with Crippen molar-refractivity contribution >= 4 is 17.5 Å². The molecule has 0 N–H and O–H groups in total. The van der Waals surface area contributed by atoms with Crippen LogP contribution < -0.4 is 0 Å². The summed E-state index contributed by atoms with van der Waals surface area (Å²) in [5.41, 5.74) is 0.303. The molecule has 5 nitrogen and oxygen atoms in total. The Morgan fingerprint density at radius 2 is 1.71 bits per heavy atom. The lowest BCUT2D eigenvalue weighted by Crippen LogP contribution is -2.52. The topological polar surface area (TPSA) is 73.6 Å². The molecule has 0 amide bonds. The van der Waals surface area contributed by atoms with Crippen LogP contribution in [0.5, 0.6) is 0 Å².